The highest BCUT2D eigenvalue weighted by Crippen LogP contribution is 2.21. The van der Waals surface area contributed by atoms with E-state index < -0.39 is 0 Å². The van der Waals surface area contributed by atoms with Crippen molar-refractivity contribution >= 4 is 5.97 Å². The Labute approximate surface area is 116 Å². The Kier molecular flexibility index (Phi) is 5.44. The van der Waals surface area contributed by atoms with Crippen molar-refractivity contribution in [2.45, 2.75) is 64.4 Å². The summed E-state index contributed by atoms with van der Waals surface area (Å²) in [6, 6.07) is 7.90. The van der Waals surface area contributed by atoms with Crippen LogP contribution in [-0.2, 0) is 11.2 Å². The van der Waals surface area contributed by atoms with Crippen molar-refractivity contribution in [1.82, 2.24) is 0 Å². The lowest BCUT2D eigenvalue weighted by atomic mass is 9.98. The van der Waals surface area contributed by atoms with Crippen LogP contribution in [0.1, 0.15) is 67.8 Å². The fourth-order valence-corrected chi connectivity index (χ4v) is 2.59. The molecule has 1 aliphatic carbocycles. The maximum Gasteiger partial charge on any atom is 0.338 e. The topological polar surface area (TPSA) is 26.3 Å². The summed E-state index contributed by atoms with van der Waals surface area (Å²) < 4.78 is 5.56. The zero-order chi connectivity index (χ0) is 13.5. The zero-order valence-corrected chi connectivity index (χ0v) is 11.9. The number of hydrogen-bond donors (Lipinski definition) is 0. The van der Waals surface area contributed by atoms with Crippen LogP contribution in [0.25, 0.3) is 0 Å². The first kappa shape index (κ1) is 14.1. The van der Waals surface area contributed by atoms with Gasteiger partial charge in [0.2, 0.25) is 0 Å². The minimum Gasteiger partial charge on any atom is -0.459 e. The number of carbonyl (C=O) groups is 1. The van der Waals surface area contributed by atoms with Gasteiger partial charge in [0.05, 0.1) is 5.56 Å². The molecule has 0 bridgehead atoms. The number of benzene rings is 1. The molecule has 0 aromatic heterocycles. The van der Waals surface area contributed by atoms with Crippen LogP contribution in [0.2, 0.25) is 0 Å². The molecule has 0 saturated heterocycles. The third-order valence-corrected chi connectivity index (χ3v) is 3.83. The van der Waals surface area contributed by atoms with Gasteiger partial charge in [0.25, 0.3) is 0 Å². The molecule has 1 aromatic rings. The summed E-state index contributed by atoms with van der Waals surface area (Å²) in [6.45, 7) is 2.19. The summed E-state index contributed by atoms with van der Waals surface area (Å²) in [5.41, 5.74) is 1.99. The van der Waals surface area contributed by atoms with Gasteiger partial charge in [0, 0.05) is 0 Å². The number of aryl methyl sites for hydroxylation is 1. The van der Waals surface area contributed by atoms with Gasteiger partial charge in [-0.3, -0.25) is 0 Å². The van der Waals surface area contributed by atoms with E-state index in [1.54, 1.807) is 0 Å². The molecule has 0 amide bonds. The minimum atomic E-state index is -0.158. The van der Waals surface area contributed by atoms with Crippen molar-refractivity contribution in [3.05, 3.63) is 35.4 Å². The predicted molar refractivity (Wildman–Crippen MR) is 77.3 cm³/mol. The average Bonchev–Trinajstić information content (AvgIpc) is 2.46. The highest BCUT2D eigenvalue weighted by atomic mass is 16.5. The van der Waals surface area contributed by atoms with E-state index in [1.165, 1.54) is 37.7 Å². The third-order valence-electron chi connectivity index (χ3n) is 3.83. The molecule has 0 heterocycles. The van der Waals surface area contributed by atoms with Gasteiger partial charge < -0.3 is 4.74 Å². The molecule has 2 rings (SSSR count). The molecule has 0 spiro atoms. The van der Waals surface area contributed by atoms with E-state index in [0.717, 1.165) is 19.3 Å². The van der Waals surface area contributed by atoms with Gasteiger partial charge in [-0.15, -0.1) is 0 Å². The monoisotopic (exact) mass is 260 g/mol. The SMILES string of the molecule is CCCCc1ccc(C(=O)OC2CCCCC2)cc1. The van der Waals surface area contributed by atoms with Crippen molar-refractivity contribution < 1.29 is 9.53 Å². The average molecular weight is 260 g/mol. The van der Waals surface area contributed by atoms with Crippen molar-refractivity contribution in [1.29, 1.82) is 0 Å². The van der Waals surface area contributed by atoms with E-state index in [9.17, 15) is 4.79 Å². The molecule has 0 atom stereocenters. The quantitative estimate of drug-likeness (QED) is 0.728. The van der Waals surface area contributed by atoms with Crippen LogP contribution >= 0.6 is 0 Å². The maximum absolute atomic E-state index is 12.0. The van der Waals surface area contributed by atoms with Crippen LogP contribution in [0.4, 0.5) is 0 Å². The maximum atomic E-state index is 12.0. The lowest BCUT2D eigenvalue weighted by molar-refractivity contribution is 0.0211. The van der Waals surface area contributed by atoms with Crippen LogP contribution in [0.3, 0.4) is 0 Å². The summed E-state index contributed by atoms with van der Waals surface area (Å²) in [4.78, 5) is 12.0. The summed E-state index contributed by atoms with van der Waals surface area (Å²) in [5.74, 6) is -0.158. The molecule has 19 heavy (non-hydrogen) atoms. The summed E-state index contributed by atoms with van der Waals surface area (Å²) in [6.07, 6.45) is 9.34. The Morgan fingerprint density at radius 2 is 1.84 bits per heavy atom. The predicted octanol–water partition coefficient (Wildman–Crippen LogP) is 4.52. The molecular weight excluding hydrogens is 236 g/mol. The van der Waals surface area contributed by atoms with E-state index in [4.69, 9.17) is 4.74 Å². The van der Waals surface area contributed by atoms with E-state index >= 15 is 0 Å². The Morgan fingerprint density at radius 3 is 2.47 bits per heavy atom. The first-order chi connectivity index (χ1) is 9.29. The molecule has 0 radical (unpaired) electrons. The van der Waals surface area contributed by atoms with Crippen LogP contribution in [0, 0.1) is 0 Å². The van der Waals surface area contributed by atoms with E-state index in [1.807, 2.05) is 24.3 Å². The van der Waals surface area contributed by atoms with E-state index in [0.29, 0.717) is 5.56 Å². The van der Waals surface area contributed by atoms with Crippen molar-refractivity contribution in [2.75, 3.05) is 0 Å². The van der Waals surface area contributed by atoms with Gasteiger partial charge in [-0.2, -0.15) is 0 Å². The molecule has 1 saturated carbocycles. The summed E-state index contributed by atoms with van der Waals surface area (Å²) in [7, 11) is 0. The van der Waals surface area contributed by atoms with Crippen molar-refractivity contribution in [3.63, 3.8) is 0 Å². The highest BCUT2D eigenvalue weighted by Gasteiger charge is 2.18. The zero-order valence-electron chi connectivity index (χ0n) is 11.9. The minimum absolute atomic E-state index is 0.140. The molecular formula is C17H24O2. The van der Waals surface area contributed by atoms with Gasteiger partial charge in [-0.1, -0.05) is 31.9 Å². The van der Waals surface area contributed by atoms with Crippen LogP contribution in [-0.4, -0.2) is 12.1 Å². The number of ether oxygens (including phenoxy) is 1. The lowest BCUT2D eigenvalue weighted by Crippen LogP contribution is -2.20. The van der Waals surface area contributed by atoms with Crippen LogP contribution in [0.5, 0.6) is 0 Å². The Bertz CT molecular complexity index is 388. The van der Waals surface area contributed by atoms with Gasteiger partial charge in [0.15, 0.2) is 0 Å². The Morgan fingerprint density at radius 1 is 1.16 bits per heavy atom. The largest absolute Gasteiger partial charge is 0.459 e. The Hall–Kier alpha value is -1.31. The highest BCUT2D eigenvalue weighted by molar-refractivity contribution is 5.89. The van der Waals surface area contributed by atoms with Gasteiger partial charge in [-0.05, 0) is 56.2 Å². The number of rotatable bonds is 5. The fourth-order valence-electron chi connectivity index (χ4n) is 2.59. The smallest absolute Gasteiger partial charge is 0.338 e. The van der Waals surface area contributed by atoms with Crippen molar-refractivity contribution in [2.24, 2.45) is 0 Å². The second-order valence-corrected chi connectivity index (χ2v) is 5.47. The van der Waals surface area contributed by atoms with Gasteiger partial charge in [-0.25, -0.2) is 4.79 Å². The molecule has 1 aromatic carbocycles. The fraction of sp³-hybridized carbons (Fsp3) is 0.588. The molecule has 1 aliphatic rings. The lowest BCUT2D eigenvalue weighted by Gasteiger charge is -2.21. The van der Waals surface area contributed by atoms with E-state index in [-0.39, 0.29) is 12.1 Å². The van der Waals surface area contributed by atoms with Gasteiger partial charge >= 0.3 is 5.97 Å². The molecule has 1 fully saturated rings. The van der Waals surface area contributed by atoms with E-state index in [2.05, 4.69) is 6.92 Å². The van der Waals surface area contributed by atoms with Crippen LogP contribution in [0.15, 0.2) is 24.3 Å². The van der Waals surface area contributed by atoms with Gasteiger partial charge in [0.1, 0.15) is 6.10 Å². The molecule has 0 aliphatic heterocycles. The number of hydrogen-bond acceptors (Lipinski definition) is 2. The first-order valence-electron chi connectivity index (χ1n) is 7.59. The molecule has 104 valence electrons. The molecule has 2 nitrogen and oxygen atoms in total. The summed E-state index contributed by atoms with van der Waals surface area (Å²) >= 11 is 0. The Balaban J connectivity index is 1.87. The number of esters is 1. The third kappa shape index (κ3) is 4.38. The van der Waals surface area contributed by atoms with Crippen LogP contribution < -0.4 is 0 Å². The standard InChI is InChI=1S/C17H24O2/c1-2-3-7-14-10-12-15(13-11-14)17(18)19-16-8-5-4-6-9-16/h10-13,16H,2-9H2,1H3. The van der Waals surface area contributed by atoms with Crippen molar-refractivity contribution in [3.8, 4) is 0 Å². The molecule has 2 heteroatoms. The molecule has 0 unspecified atom stereocenters. The second kappa shape index (κ2) is 7.32. The first-order valence-corrected chi connectivity index (χ1v) is 7.59. The number of unbranched alkanes of at least 4 members (excludes halogenated alkanes) is 1. The second-order valence-electron chi connectivity index (χ2n) is 5.47. The molecule has 0 N–H and O–H groups in total. The number of carbonyl (C=O) groups excluding carboxylic acids is 1. The normalized spacial score (nSPS) is 16.3. The summed E-state index contributed by atoms with van der Waals surface area (Å²) in [5, 5.41) is 0.